The zero-order valence-corrected chi connectivity index (χ0v) is 10.6. The van der Waals surface area contributed by atoms with Crippen LogP contribution in [-0.4, -0.2) is 12.1 Å². The number of hydrogen-bond donors (Lipinski definition) is 1. The van der Waals surface area contributed by atoms with E-state index >= 15 is 0 Å². The van der Waals surface area contributed by atoms with E-state index in [0.29, 0.717) is 6.04 Å². The van der Waals surface area contributed by atoms with Gasteiger partial charge in [-0.3, -0.25) is 0 Å². The average molecular weight is 199 g/mol. The molecule has 0 bridgehead atoms. The van der Waals surface area contributed by atoms with E-state index < -0.39 is 0 Å². The summed E-state index contributed by atoms with van der Waals surface area (Å²) in [6.45, 7) is 9.04. The Morgan fingerprint density at radius 2 is 1.57 bits per heavy atom. The molecule has 0 spiro atoms. The van der Waals surface area contributed by atoms with Gasteiger partial charge < -0.3 is 5.32 Å². The molecule has 1 N–H and O–H groups in total. The Balaban J connectivity index is 3.51. The molecule has 0 aliphatic rings. The van der Waals surface area contributed by atoms with E-state index in [1.54, 1.807) is 0 Å². The molecule has 0 aromatic heterocycles. The first kappa shape index (κ1) is 14.0. The quantitative estimate of drug-likeness (QED) is 0.551. The Bertz CT molecular complexity index is 110. The molecule has 0 aliphatic carbocycles. The van der Waals surface area contributed by atoms with E-state index in [2.05, 4.69) is 33.0 Å². The van der Waals surface area contributed by atoms with Crippen molar-refractivity contribution in [2.75, 3.05) is 0 Å². The first-order valence-electron chi connectivity index (χ1n) is 6.46. The standard InChI is InChI=1S/C13H29N/c1-5-7-8-9-11-13(10-6-2)14-12(3)4/h12-14H,5-11H2,1-4H3. The molecule has 0 aliphatic heterocycles. The van der Waals surface area contributed by atoms with Gasteiger partial charge >= 0.3 is 0 Å². The van der Waals surface area contributed by atoms with Crippen molar-refractivity contribution in [1.82, 2.24) is 5.32 Å². The zero-order valence-electron chi connectivity index (χ0n) is 10.6. The lowest BCUT2D eigenvalue weighted by Crippen LogP contribution is -2.34. The molecule has 0 fully saturated rings. The first-order valence-corrected chi connectivity index (χ1v) is 6.46. The lowest BCUT2D eigenvalue weighted by atomic mass is 10.0. The van der Waals surface area contributed by atoms with Gasteiger partial charge in [-0.05, 0) is 12.8 Å². The van der Waals surface area contributed by atoms with Gasteiger partial charge in [0.2, 0.25) is 0 Å². The molecule has 0 heterocycles. The van der Waals surface area contributed by atoms with Crippen LogP contribution in [0.1, 0.15) is 72.6 Å². The molecule has 1 unspecified atom stereocenters. The van der Waals surface area contributed by atoms with Crippen LogP contribution in [0.15, 0.2) is 0 Å². The third kappa shape index (κ3) is 8.55. The van der Waals surface area contributed by atoms with Gasteiger partial charge in [0.15, 0.2) is 0 Å². The van der Waals surface area contributed by atoms with Crippen LogP contribution in [0.4, 0.5) is 0 Å². The van der Waals surface area contributed by atoms with E-state index in [4.69, 9.17) is 0 Å². The first-order chi connectivity index (χ1) is 6.70. The molecule has 1 atom stereocenters. The molecule has 0 rings (SSSR count). The maximum atomic E-state index is 3.66. The average Bonchev–Trinajstić information content (AvgIpc) is 2.12. The second kappa shape index (κ2) is 9.51. The van der Waals surface area contributed by atoms with Gasteiger partial charge in [0, 0.05) is 12.1 Å². The summed E-state index contributed by atoms with van der Waals surface area (Å²) < 4.78 is 0. The molecule has 14 heavy (non-hydrogen) atoms. The fourth-order valence-corrected chi connectivity index (χ4v) is 1.95. The van der Waals surface area contributed by atoms with Gasteiger partial charge in [0.25, 0.3) is 0 Å². The summed E-state index contributed by atoms with van der Waals surface area (Å²) in [6.07, 6.45) is 9.57. The Morgan fingerprint density at radius 3 is 2.07 bits per heavy atom. The Hall–Kier alpha value is -0.0400. The Labute approximate surface area is 90.7 Å². The van der Waals surface area contributed by atoms with Crippen LogP contribution in [0.5, 0.6) is 0 Å². The van der Waals surface area contributed by atoms with Crippen LogP contribution < -0.4 is 5.32 Å². The zero-order chi connectivity index (χ0) is 10.8. The Morgan fingerprint density at radius 1 is 0.857 bits per heavy atom. The molecular formula is C13H29N. The predicted molar refractivity (Wildman–Crippen MR) is 65.7 cm³/mol. The highest BCUT2D eigenvalue weighted by Crippen LogP contribution is 2.10. The fourth-order valence-electron chi connectivity index (χ4n) is 1.95. The maximum absolute atomic E-state index is 3.66. The molecule has 0 radical (unpaired) electrons. The number of unbranched alkanes of at least 4 members (excludes halogenated alkanes) is 3. The smallest absolute Gasteiger partial charge is 0.00693 e. The summed E-state index contributed by atoms with van der Waals surface area (Å²) in [5, 5.41) is 3.66. The lowest BCUT2D eigenvalue weighted by Gasteiger charge is -2.20. The van der Waals surface area contributed by atoms with Gasteiger partial charge in [-0.25, -0.2) is 0 Å². The van der Waals surface area contributed by atoms with E-state index in [0.717, 1.165) is 6.04 Å². The van der Waals surface area contributed by atoms with Crippen molar-refractivity contribution in [3.8, 4) is 0 Å². The maximum Gasteiger partial charge on any atom is 0.00693 e. The normalized spacial score (nSPS) is 13.5. The van der Waals surface area contributed by atoms with Crippen molar-refractivity contribution in [1.29, 1.82) is 0 Å². The molecule has 1 heteroatoms. The molecule has 0 saturated heterocycles. The largest absolute Gasteiger partial charge is 0.312 e. The summed E-state index contributed by atoms with van der Waals surface area (Å²) in [5.74, 6) is 0. The monoisotopic (exact) mass is 199 g/mol. The molecule has 0 aromatic carbocycles. The van der Waals surface area contributed by atoms with Crippen molar-refractivity contribution < 1.29 is 0 Å². The third-order valence-corrected chi connectivity index (χ3v) is 2.61. The van der Waals surface area contributed by atoms with Gasteiger partial charge in [0.1, 0.15) is 0 Å². The van der Waals surface area contributed by atoms with Crippen LogP contribution in [0, 0.1) is 0 Å². The number of nitrogens with one attached hydrogen (secondary N) is 1. The topological polar surface area (TPSA) is 12.0 Å². The van der Waals surface area contributed by atoms with Crippen LogP contribution in [0.25, 0.3) is 0 Å². The number of hydrogen-bond acceptors (Lipinski definition) is 1. The summed E-state index contributed by atoms with van der Waals surface area (Å²) in [6, 6.07) is 1.40. The molecule has 1 nitrogen and oxygen atoms in total. The van der Waals surface area contributed by atoms with Crippen LogP contribution >= 0.6 is 0 Å². The minimum absolute atomic E-state index is 0.637. The number of rotatable bonds is 9. The predicted octanol–water partition coefficient (Wildman–Crippen LogP) is 4.12. The molecule has 86 valence electrons. The Kier molecular flexibility index (Phi) is 9.49. The van der Waals surface area contributed by atoms with Gasteiger partial charge in [-0.1, -0.05) is 59.8 Å². The second-order valence-electron chi connectivity index (χ2n) is 4.66. The minimum atomic E-state index is 0.637. The minimum Gasteiger partial charge on any atom is -0.312 e. The van der Waals surface area contributed by atoms with E-state index in [1.165, 1.54) is 44.9 Å². The van der Waals surface area contributed by atoms with Crippen molar-refractivity contribution in [2.45, 2.75) is 84.7 Å². The molecule has 0 saturated carbocycles. The molecule has 0 aromatic rings. The van der Waals surface area contributed by atoms with E-state index in [-0.39, 0.29) is 0 Å². The summed E-state index contributed by atoms with van der Waals surface area (Å²) >= 11 is 0. The van der Waals surface area contributed by atoms with E-state index in [1.807, 2.05) is 0 Å². The van der Waals surface area contributed by atoms with Gasteiger partial charge in [0.05, 0.1) is 0 Å². The second-order valence-corrected chi connectivity index (χ2v) is 4.66. The fraction of sp³-hybridized carbons (Fsp3) is 1.00. The van der Waals surface area contributed by atoms with Crippen molar-refractivity contribution in [3.05, 3.63) is 0 Å². The summed E-state index contributed by atoms with van der Waals surface area (Å²) in [7, 11) is 0. The van der Waals surface area contributed by atoms with Crippen LogP contribution in [0.2, 0.25) is 0 Å². The lowest BCUT2D eigenvalue weighted by molar-refractivity contribution is 0.398. The summed E-state index contributed by atoms with van der Waals surface area (Å²) in [5.41, 5.74) is 0. The highest BCUT2D eigenvalue weighted by Gasteiger charge is 2.07. The molecular weight excluding hydrogens is 170 g/mol. The highest BCUT2D eigenvalue weighted by atomic mass is 14.9. The van der Waals surface area contributed by atoms with Gasteiger partial charge in [-0.2, -0.15) is 0 Å². The van der Waals surface area contributed by atoms with Crippen LogP contribution in [0.3, 0.4) is 0 Å². The van der Waals surface area contributed by atoms with E-state index in [9.17, 15) is 0 Å². The summed E-state index contributed by atoms with van der Waals surface area (Å²) in [4.78, 5) is 0. The SMILES string of the molecule is CCCCCCC(CCC)NC(C)C. The highest BCUT2D eigenvalue weighted by molar-refractivity contribution is 4.68. The van der Waals surface area contributed by atoms with Crippen LogP contribution in [-0.2, 0) is 0 Å². The van der Waals surface area contributed by atoms with Crippen molar-refractivity contribution in [3.63, 3.8) is 0 Å². The third-order valence-electron chi connectivity index (χ3n) is 2.61. The van der Waals surface area contributed by atoms with Crippen molar-refractivity contribution in [2.24, 2.45) is 0 Å². The van der Waals surface area contributed by atoms with Crippen molar-refractivity contribution >= 4 is 0 Å². The van der Waals surface area contributed by atoms with Gasteiger partial charge in [-0.15, -0.1) is 0 Å². The molecule has 0 amide bonds.